The van der Waals surface area contributed by atoms with Crippen LogP contribution in [0, 0.1) is 0 Å². The summed E-state index contributed by atoms with van der Waals surface area (Å²) in [5.41, 5.74) is 6.81. The molecule has 1 aliphatic rings. The van der Waals surface area contributed by atoms with Crippen LogP contribution >= 0.6 is 9.47 Å². The smallest absolute Gasteiger partial charge is 0.394 e. The summed E-state index contributed by atoms with van der Waals surface area (Å²) in [5.74, 6) is 6.96. The lowest BCUT2D eigenvalue weighted by Gasteiger charge is -2.25. The highest BCUT2D eigenvalue weighted by atomic mass is 31.0. The molecule has 2 N–H and O–H groups in total. The fraction of sp³-hybridized carbons (Fsp3) is 0.500. The van der Waals surface area contributed by atoms with Gasteiger partial charge in [0.2, 0.25) is 0 Å². The minimum atomic E-state index is -0.648. The van der Waals surface area contributed by atoms with Crippen molar-refractivity contribution in [1.82, 2.24) is 0 Å². The van der Waals surface area contributed by atoms with Gasteiger partial charge in [-0.1, -0.05) is 79.7 Å². The topological polar surface area (TPSA) is 70.8 Å². The van der Waals surface area contributed by atoms with Crippen molar-refractivity contribution in [2.75, 3.05) is 0 Å². The first-order valence-electron chi connectivity index (χ1n) is 11.3. The molecule has 0 fully saturated rings. The molecule has 1 atom stereocenters. The normalized spacial score (nSPS) is 13.1. The Morgan fingerprint density at radius 3 is 1.38 bits per heavy atom. The van der Waals surface area contributed by atoms with Crippen LogP contribution in [0.4, 0.5) is 4.79 Å². The molecule has 0 aliphatic carbocycles. The van der Waals surface area contributed by atoms with Crippen LogP contribution in [-0.4, -0.2) is 6.16 Å². The lowest BCUT2D eigenvalue weighted by molar-refractivity contribution is 0.149. The summed E-state index contributed by atoms with van der Waals surface area (Å²) in [5, 5.41) is 0. The number of ether oxygens (including phenoxy) is 2. The van der Waals surface area contributed by atoms with Gasteiger partial charge in [-0.05, 0) is 45.9 Å². The summed E-state index contributed by atoms with van der Waals surface area (Å²) in [6, 6.07) is 8.75. The molecule has 0 aromatic heterocycles. The largest absolute Gasteiger partial charge is 0.519 e. The van der Waals surface area contributed by atoms with Crippen LogP contribution in [-0.2, 0) is 11.0 Å². The van der Waals surface area contributed by atoms with Crippen molar-refractivity contribution in [2.45, 2.75) is 85.5 Å². The van der Waals surface area contributed by atoms with Crippen LogP contribution in [0.15, 0.2) is 24.3 Å². The maximum absolute atomic E-state index is 12.7. The van der Waals surface area contributed by atoms with Crippen LogP contribution < -0.4 is 15.4 Å². The van der Waals surface area contributed by atoms with Crippen LogP contribution in [0.3, 0.4) is 0 Å². The second-order valence-corrected chi connectivity index (χ2v) is 9.85. The standard InChI is InChI=1S/C26H34O3.H4NOP/c1-14(2)18-9-20-11-21-10-19(15(3)4)13-23(17(7)8)25(21)29-26(27)28-24(20)22(12-18)16(5)6;1-2-3/h9-10,12-17H,11H2,1-8H3;1,3H2. The zero-order valence-electron chi connectivity index (χ0n) is 20.6. The highest BCUT2D eigenvalue weighted by Crippen LogP contribution is 2.41. The van der Waals surface area contributed by atoms with Crippen molar-refractivity contribution in [2.24, 2.45) is 5.90 Å². The molecule has 32 heavy (non-hydrogen) atoms. The van der Waals surface area contributed by atoms with E-state index in [1.165, 1.54) is 11.1 Å². The Morgan fingerprint density at radius 2 is 1.09 bits per heavy atom. The summed E-state index contributed by atoms with van der Waals surface area (Å²) in [7, 11) is 1.86. The van der Waals surface area contributed by atoms with Gasteiger partial charge >= 0.3 is 6.16 Å². The monoisotopic (exact) mass is 459 g/mol. The summed E-state index contributed by atoms with van der Waals surface area (Å²) >= 11 is 0. The van der Waals surface area contributed by atoms with Crippen LogP contribution in [0.1, 0.15) is 112 Å². The lowest BCUT2D eigenvalue weighted by atomic mass is 9.87. The van der Waals surface area contributed by atoms with E-state index >= 15 is 0 Å². The maximum Gasteiger partial charge on any atom is 0.519 e. The molecule has 0 radical (unpaired) electrons. The summed E-state index contributed by atoms with van der Waals surface area (Å²) in [6.07, 6.45) is 0.0454. The fourth-order valence-corrected chi connectivity index (χ4v) is 3.91. The molecule has 2 aromatic rings. The second kappa shape index (κ2) is 11.3. The molecule has 0 amide bonds. The summed E-state index contributed by atoms with van der Waals surface area (Å²) in [6.45, 7) is 17.3. The lowest BCUT2D eigenvalue weighted by Crippen LogP contribution is -2.21. The number of carbonyl (C=O) groups excluding carboxylic acids is 1. The predicted octanol–water partition coefficient (Wildman–Crippen LogP) is 7.33. The zero-order valence-corrected chi connectivity index (χ0v) is 21.8. The van der Waals surface area contributed by atoms with Gasteiger partial charge in [-0.25, -0.2) is 10.7 Å². The molecule has 1 aliphatic heterocycles. The molecule has 0 bridgehead atoms. The van der Waals surface area contributed by atoms with Crippen LogP contribution in [0.25, 0.3) is 0 Å². The number of nitrogens with two attached hydrogens (primary N) is 1. The third-order valence-electron chi connectivity index (χ3n) is 5.76. The molecule has 2 aromatic carbocycles. The number of carbonyl (C=O) groups is 1. The van der Waals surface area contributed by atoms with Gasteiger partial charge in [-0.2, -0.15) is 0 Å². The van der Waals surface area contributed by atoms with E-state index in [2.05, 4.69) is 90.2 Å². The number of fused-ring (bicyclic) bond motifs is 2. The van der Waals surface area contributed by atoms with Crippen LogP contribution in [0.2, 0.25) is 0 Å². The number of hydrogen-bond acceptors (Lipinski definition) is 5. The Hall–Kier alpha value is -1.94. The Kier molecular flexibility index (Phi) is 9.27. The Balaban J connectivity index is 0.00000114. The van der Waals surface area contributed by atoms with E-state index in [0.29, 0.717) is 29.8 Å². The van der Waals surface area contributed by atoms with Gasteiger partial charge in [0.15, 0.2) is 0 Å². The number of hydrogen-bond donors (Lipinski definition) is 1. The molecule has 0 saturated heterocycles. The molecule has 1 unspecified atom stereocenters. The van der Waals surface area contributed by atoms with Gasteiger partial charge in [-0.3, -0.25) is 4.62 Å². The molecule has 0 saturated carbocycles. The Morgan fingerprint density at radius 1 is 0.750 bits per heavy atom. The first-order valence-corrected chi connectivity index (χ1v) is 11.8. The van der Waals surface area contributed by atoms with E-state index in [1.807, 2.05) is 9.47 Å². The van der Waals surface area contributed by atoms with E-state index in [0.717, 1.165) is 22.3 Å². The van der Waals surface area contributed by atoms with Crippen molar-refractivity contribution in [3.8, 4) is 11.5 Å². The van der Waals surface area contributed by atoms with Crippen molar-refractivity contribution >= 4 is 15.6 Å². The van der Waals surface area contributed by atoms with Crippen LogP contribution in [0.5, 0.6) is 11.5 Å². The fourth-order valence-electron chi connectivity index (χ4n) is 3.91. The van der Waals surface area contributed by atoms with E-state index in [1.54, 1.807) is 0 Å². The molecule has 176 valence electrons. The van der Waals surface area contributed by atoms with Crippen molar-refractivity contribution in [1.29, 1.82) is 0 Å². The second-order valence-electron chi connectivity index (χ2n) is 9.58. The first kappa shape index (κ1) is 26.3. The first-order chi connectivity index (χ1) is 15.0. The highest BCUT2D eigenvalue weighted by molar-refractivity contribution is 7.09. The van der Waals surface area contributed by atoms with Crippen molar-refractivity contribution in [3.63, 3.8) is 0 Å². The van der Waals surface area contributed by atoms with E-state index in [-0.39, 0.29) is 11.8 Å². The van der Waals surface area contributed by atoms with E-state index in [4.69, 9.17) is 9.47 Å². The van der Waals surface area contributed by atoms with Crippen molar-refractivity contribution < 1.29 is 18.9 Å². The summed E-state index contributed by atoms with van der Waals surface area (Å²) in [4.78, 5) is 12.7. The van der Waals surface area contributed by atoms with Gasteiger partial charge < -0.3 is 9.47 Å². The van der Waals surface area contributed by atoms with Gasteiger partial charge in [0.05, 0.1) is 0 Å². The molecular weight excluding hydrogens is 421 g/mol. The highest BCUT2D eigenvalue weighted by Gasteiger charge is 2.27. The molecule has 0 spiro atoms. The molecular formula is C26H38NO4P. The third-order valence-corrected chi connectivity index (χ3v) is 5.76. The molecule has 1 heterocycles. The molecule has 3 rings (SSSR count). The SMILES string of the molecule is CC(C)c1cc2c(c(C(C)C)c1)OC(=O)Oc1c(cc(C(C)C)cc1C(C)C)C2.NOP. The number of rotatable bonds is 4. The van der Waals surface area contributed by atoms with Gasteiger partial charge in [0.25, 0.3) is 0 Å². The van der Waals surface area contributed by atoms with E-state index < -0.39 is 6.16 Å². The van der Waals surface area contributed by atoms with Gasteiger partial charge in [-0.15, -0.1) is 0 Å². The third kappa shape index (κ3) is 6.10. The van der Waals surface area contributed by atoms with Gasteiger partial charge in [0.1, 0.15) is 11.5 Å². The average Bonchev–Trinajstić information content (AvgIpc) is 2.68. The predicted molar refractivity (Wildman–Crippen MR) is 134 cm³/mol. The maximum atomic E-state index is 12.7. The quantitative estimate of drug-likeness (QED) is 0.224. The molecule has 5 nitrogen and oxygen atoms in total. The number of benzene rings is 2. The zero-order chi connectivity index (χ0) is 24.2. The minimum Gasteiger partial charge on any atom is -0.394 e. The molecule has 6 heteroatoms. The average molecular weight is 460 g/mol. The Bertz CT molecular complexity index is 878. The van der Waals surface area contributed by atoms with Gasteiger partial charge in [0, 0.05) is 27.0 Å². The Labute approximate surface area is 195 Å². The minimum absolute atomic E-state index is 0.252. The van der Waals surface area contributed by atoms with E-state index in [9.17, 15) is 4.79 Å². The van der Waals surface area contributed by atoms with Crippen molar-refractivity contribution in [3.05, 3.63) is 57.6 Å². The summed E-state index contributed by atoms with van der Waals surface area (Å²) < 4.78 is 15.2.